The second-order valence-corrected chi connectivity index (χ2v) is 7.52. The molecule has 2 nitrogen and oxygen atoms in total. The van der Waals surface area contributed by atoms with Gasteiger partial charge in [-0.1, -0.05) is 48.5 Å². The third-order valence-corrected chi connectivity index (χ3v) is 4.49. The topological polar surface area (TPSA) is 29.1 Å². The lowest BCUT2D eigenvalue weighted by molar-refractivity contribution is -0.121. The van der Waals surface area contributed by atoms with Crippen molar-refractivity contribution in [3.8, 4) is 0 Å². The highest BCUT2D eigenvalue weighted by Crippen LogP contribution is 2.23. The Kier molecular flexibility index (Phi) is 5.67. The van der Waals surface area contributed by atoms with E-state index in [0.29, 0.717) is 0 Å². The van der Waals surface area contributed by atoms with Gasteiger partial charge >= 0.3 is 0 Å². The lowest BCUT2D eigenvalue weighted by atomic mass is 9.95. The Hall–Kier alpha value is -1.74. The van der Waals surface area contributed by atoms with Crippen molar-refractivity contribution >= 4 is 17.7 Å². The first kappa shape index (κ1) is 16.6. The molecular formula is C19H23NOS. The summed E-state index contributed by atoms with van der Waals surface area (Å²) in [4.78, 5) is 13.5. The first-order valence-corrected chi connectivity index (χ1v) is 8.42. The van der Waals surface area contributed by atoms with Crippen molar-refractivity contribution in [2.45, 2.75) is 42.9 Å². The number of rotatable bonds is 6. The van der Waals surface area contributed by atoms with Crippen LogP contribution in [0.5, 0.6) is 0 Å². The van der Waals surface area contributed by atoms with Crippen LogP contribution in [0.15, 0.2) is 65.6 Å². The molecule has 0 saturated carbocycles. The molecule has 1 amide bonds. The van der Waals surface area contributed by atoms with Crippen LogP contribution >= 0.6 is 11.8 Å². The average molecular weight is 313 g/mol. The Bertz CT molecular complexity index is 595. The second kappa shape index (κ2) is 7.50. The Morgan fingerprint density at radius 3 is 2.18 bits per heavy atom. The lowest BCUT2D eigenvalue weighted by Crippen LogP contribution is -2.47. The zero-order valence-corrected chi connectivity index (χ0v) is 14.2. The van der Waals surface area contributed by atoms with E-state index in [1.54, 1.807) is 11.8 Å². The summed E-state index contributed by atoms with van der Waals surface area (Å²) in [6, 6.07) is 20.3. The van der Waals surface area contributed by atoms with Crippen molar-refractivity contribution < 1.29 is 4.79 Å². The van der Waals surface area contributed by atoms with Gasteiger partial charge in [-0.05, 0) is 44.9 Å². The molecule has 0 heterocycles. The van der Waals surface area contributed by atoms with Gasteiger partial charge in [0.15, 0.2) is 0 Å². The summed E-state index contributed by atoms with van der Waals surface area (Å²) in [5.74, 6) is 0.0785. The van der Waals surface area contributed by atoms with E-state index in [1.807, 2.05) is 55.5 Å². The van der Waals surface area contributed by atoms with Crippen LogP contribution < -0.4 is 5.32 Å². The van der Waals surface area contributed by atoms with Gasteiger partial charge in [0.2, 0.25) is 5.91 Å². The molecule has 0 aliphatic heterocycles. The molecule has 0 aromatic heterocycles. The summed E-state index contributed by atoms with van der Waals surface area (Å²) in [5.41, 5.74) is 0.973. The number of amides is 1. The molecule has 2 aromatic carbocycles. The molecule has 116 valence electrons. The third-order valence-electron chi connectivity index (χ3n) is 3.38. The molecule has 1 N–H and O–H groups in total. The fraction of sp³-hybridized carbons (Fsp3) is 0.316. The van der Waals surface area contributed by atoms with E-state index in [2.05, 4.69) is 31.3 Å². The molecule has 22 heavy (non-hydrogen) atoms. The van der Waals surface area contributed by atoms with Crippen LogP contribution in [0.25, 0.3) is 0 Å². The van der Waals surface area contributed by atoms with Crippen LogP contribution in [0, 0.1) is 0 Å². The summed E-state index contributed by atoms with van der Waals surface area (Å²) in [5, 5.41) is 3.05. The predicted octanol–water partition coefficient (Wildman–Crippen LogP) is 4.30. The van der Waals surface area contributed by atoms with Gasteiger partial charge < -0.3 is 5.32 Å². The minimum atomic E-state index is -0.260. The molecule has 2 rings (SSSR count). The first-order valence-electron chi connectivity index (χ1n) is 7.54. The normalized spacial score (nSPS) is 12.7. The number of benzene rings is 2. The maximum absolute atomic E-state index is 12.4. The van der Waals surface area contributed by atoms with Gasteiger partial charge in [-0.15, -0.1) is 11.8 Å². The van der Waals surface area contributed by atoms with E-state index in [1.165, 1.54) is 5.56 Å². The molecule has 0 spiro atoms. The fourth-order valence-corrected chi connectivity index (χ4v) is 3.23. The summed E-state index contributed by atoms with van der Waals surface area (Å²) >= 11 is 1.59. The molecule has 0 aliphatic carbocycles. The molecule has 0 radical (unpaired) electrons. The van der Waals surface area contributed by atoms with Crippen molar-refractivity contribution in [3.05, 3.63) is 66.2 Å². The van der Waals surface area contributed by atoms with Gasteiger partial charge in [0, 0.05) is 10.4 Å². The summed E-state index contributed by atoms with van der Waals surface area (Å²) in [6.07, 6.45) is 0.822. The minimum absolute atomic E-state index is 0.0785. The molecule has 0 aliphatic rings. The molecule has 2 aromatic rings. The highest BCUT2D eigenvalue weighted by Gasteiger charge is 2.24. The van der Waals surface area contributed by atoms with Crippen molar-refractivity contribution in [2.75, 3.05) is 0 Å². The Morgan fingerprint density at radius 1 is 1.05 bits per heavy atom. The summed E-state index contributed by atoms with van der Waals surface area (Å²) in [6.45, 7) is 6.08. The number of hydrogen-bond acceptors (Lipinski definition) is 2. The predicted molar refractivity (Wildman–Crippen MR) is 94.1 cm³/mol. The molecule has 1 unspecified atom stereocenters. The van der Waals surface area contributed by atoms with Crippen molar-refractivity contribution in [1.29, 1.82) is 0 Å². The number of carbonyl (C=O) groups excluding carboxylic acids is 1. The average Bonchev–Trinajstić information content (AvgIpc) is 2.48. The molecule has 0 saturated heterocycles. The number of thioether (sulfide) groups is 1. The molecule has 0 fully saturated rings. The van der Waals surface area contributed by atoms with Crippen LogP contribution in [0.1, 0.15) is 26.3 Å². The van der Waals surface area contributed by atoms with E-state index in [9.17, 15) is 4.79 Å². The summed E-state index contributed by atoms with van der Waals surface area (Å²) in [7, 11) is 0. The van der Waals surface area contributed by atoms with Crippen molar-refractivity contribution in [2.24, 2.45) is 0 Å². The largest absolute Gasteiger partial charge is 0.350 e. The third kappa shape index (κ3) is 5.23. The first-order chi connectivity index (χ1) is 10.5. The van der Waals surface area contributed by atoms with E-state index in [-0.39, 0.29) is 16.7 Å². The van der Waals surface area contributed by atoms with Crippen molar-refractivity contribution in [1.82, 2.24) is 5.32 Å². The van der Waals surface area contributed by atoms with Crippen LogP contribution in [0.3, 0.4) is 0 Å². The minimum Gasteiger partial charge on any atom is -0.350 e. The highest BCUT2D eigenvalue weighted by molar-refractivity contribution is 8.00. The van der Waals surface area contributed by atoms with E-state index < -0.39 is 0 Å². The van der Waals surface area contributed by atoms with Gasteiger partial charge in [0.1, 0.15) is 0 Å². The number of hydrogen-bond donors (Lipinski definition) is 1. The van der Waals surface area contributed by atoms with Gasteiger partial charge in [0.25, 0.3) is 0 Å². The Morgan fingerprint density at radius 2 is 1.59 bits per heavy atom. The van der Waals surface area contributed by atoms with E-state index in [4.69, 9.17) is 0 Å². The van der Waals surface area contributed by atoms with Gasteiger partial charge in [-0.25, -0.2) is 0 Å². The van der Waals surface area contributed by atoms with E-state index in [0.717, 1.165) is 11.3 Å². The van der Waals surface area contributed by atoms with Gasteiger partial charge in [0.05, 0.1) is 5.25 Å². The standard InChI is InChI=1S/C19H23NOS/c1-15(22-17-12-8-5-9-13-17)18(21)20-19(2,3)14-16-10-6-4-7-11-16/h4-13,15H,14H2,1-3H3,(H,20,21). The monoisotopic (exact) mass is 313 g/mol. The summed E-state index contributed by atoms with van der Waals surface area (Å²) < 4.78 is 0. The second-order valence-electron chi connectivity index (χ2n) is 6.11. The zero-order chi connectivity index (χ0) is 16.0. The Labute approximate surface area is 137 Å². The Balaban J connectivity index is 1.92. The van der Waals surface area contributed by atoms with Gasteiger partial charge in [-0.3, -0.25) is 4.79 Å². The fourth-order valence-electron chi connectivity index (χ4n) is 2.34. The number of carbonyl (C=O) groups is 1. The lowest BCUT2D eigenvalue weighted by Gasteiger charge is -2.28. The quantitative estimate of drug-likeness (QED) is 0.805. The van der Waals surface area contributed by atoms with Crippen molar-refractivity contribution in [3.63, 3.8) is 0 Å². The van der Waals surface area contributed by atoms with Crippen LogP contribution in [-0.4, -0.2) is 16.7 Å². The molecular weight excluding hydrogens is 290 g/mol. The van der Waals surface area contributed by atoms with Gasteiger partial charge in [-0.2, -0.15) is 0 Å². The highest BCUT2D eigenvalue weighted by atomic mass is 32.2. The zero-order valence-electron chi connectivity index (χ0n) is 13.4. The number of nitrogens with one attached hydrogen (secondary N) is 1. The molecule has 0 bridgehead atoms. The molecule has 1 atom stereocenters. The smallest absolute Gasteiger partial charge is 0.233 e. The van der Waals surface area contributed by atoms with E-state index >= 15 is 0 Å². The van der Waals surface area contributed by atoms with Crippen LogP contribution in [0.4, 0.5) is 0 Å². The molecule has 3 heteroatoms. The maximum atomic E-state index is 12.4. The SMILES string of the molecule is CC(Sc1ccccc1)C(=O)NC(C)(C)Cc1ccccc1. The maximum Gasteiger partial charge on any atom is 0.233 e. The van der Waals surface area contributed by atoms with Crippen LogP contribution in [-0.2, 0) is 11.2 Å². The van der Waals surface area contributed by atoms with Crippen LogP contribution in [0.2, 0.25) is 0 Å².